The average Bonchev–Trinajstić information content (AvgIpc) is 2.42. The van der Waals surface area contributed by atoms with Crippen LogP contribution in [0.4, 0.5) is 5.69 Å². The van der Waals surface area contributed by atoms with Gasteiger partial charge in [-0.3, -0.25) is 4.72 Å². The lowest BCUT2D eigenvalue weighted by Gasteiger charge is -2.11. The van der Waals surface area contributed by atoms with E-state index in [0.717, 1.165) is 11.1 Å². The van der Waals surface area contributed by atoms with Crippen LogP contribution < -0.4 is 10.5 Å². The number of nitrogens with one attached hydrogen (secondary N) is 1. The van der Waals surface area contributed by atoms with Gasteiger partial charge in [0.05, 0.1) is 11.4 Å². The topological polar surface area (TPSA) is 72.2 Å². The third kappa shape index (κ3) is 4.56. The van der Waals surface area contributed by atoms with E-state index < -0.39 is 10.0 Å². The number of anilines is 1. The lowest BCUT2D eigenvalue weighted by Crippen LogP contribution is -2.15. The maximum Gasteiger partial charge on any atom is 0.236 e. The summed E-state index contributed by atoms with van der Waals surface area (Å²) in [5, 5.41) is 0. The van der Waals surface area contributed by atoms with E-state index in [1.165, 1.54) is 0 Å². The first kappa shape index (κ1) is 16.0. The van der Waals surface area contributed by atoms with E-state index in [2.05, 4.69) is 20.7 Å². The predicted octanol–water partition coefficient (Wildman–Crippen LogP) is 3.16. The first-order valence-electron chi connectivity index (χ1n) is 6.44. The molecule has 0 fully saturated rings. The number of aryl methyl sites for hydroxylation is 1. The molecule has 0 saturated heterocycles. The fourth-order valence-electron chi connectivity index (χ4n) is 1.99. The molecule has 21 heavy (non-hydrogen) atoms. The van der Waals surface area contributed by atoms with Crippen molar-refractivity contribution >= 4 is 31.6 Å². The van der Waals surface area contributed by atoms with Crippen LogP contribution in [0.1, 0.15) is 16.7 Å². The van der Waals surface area contributed by atoms with E-state index >= 15 is 0 Å². The predicted molar refractivity (Wildman–Crippen MR) is 89.5 cm³/mol. The Morgan fingerprint density at radius 3 is 2.57 bits per heavy atom. The van der Waals surface area contributed by atoms with Gasteiger partial charge < -0.3 is 5.73 Å². The molecule has 0 unspecified atom stereocenters. The normalized spacial score (nSPS) is 11.4. The molecule has 0 radical (unpaired) electrons. The highest BCUT2D eigenvalue weighted by Gasteiger charge is 2.14. The molecule has 2 aromatic rings. The molecule has 0 aliphatic rings. The molecular weight excluding hydrogens is 352 g/mol. The van der Waals surface area contributed by atoms with Crippen molar-refractivity contribution in [2.24, 2.45) is 5.73 Å². The van der Waals surface area contributed by atoms with Crippen molar-refractivity contribution in [2.75, 3.05) is 4.72 Å². The number of nitrogens with two attached hydrogens (primary N) is 1. The lowest BCUT2D eigenvalue weighted by molar-refractivity contribution is 0.600. The van der Waals surface area contributed by atoms with Gasteiger partial charge in [0.2, 0.25) is 10.0 Å². The second-order valence-electron chi connectivity index (χ2n) is 4.87. The molecule has 0 spiro atoms. The molecule has 0 atom stereocenters. The summed E-state index contributed by atoms with van der Waals surface area (Å²) in [4.78, 5) is 0. The minimum absolute atomic E-state index is 0.0821. The summed E-state index contributed by atoms with van der Waals surface area (Å²) in [7, 11) is -3.47. The van der Waals surface area contributed by atoms with Gasteiger partial charge in [-0.05, 0) is 51.7 Å². The average molecular weight is 369 g/mol. The summed E-state index contributed by atoms with van der Waals surface area (Å²) >= 11 is 3.35. The van der Waals surface area contributed by atoms with Crippen molar-refractivity contribution in [3.8, 4) is 0 Å². The van der Waals surface area contributed by atoms with Crippen LogP contribution in [-0.4, -0.2) is 8.42 Å². The van der Waals surface area contributed by atoms with Crippen LogP contribution in [0.15, 0.2) is 46.9 Å². The van der Waals surface area contributed by atoms with Gasteiger partial charge in [-0.2, -0.15) is 0 Å². The van der Waals surface area contributed by atoms with Crippen molar-refractivity contribution in [3.63, 3.8) is 0 Å². The number of halogens is 1. The SMILES string of the molecule is Cc1ccc(Br)c(NS(=O)(=O)Cc2cccc(CN)c2)c1. The summed E-state index contributed by atoms with van der Waals surface area (Å²) in [5.41, 5.74) is 8.74. The Morgan fingerprint density at radius 1 is 1.14 bits per heavy atom. The number of hydrogen-bond donors (Lipinski definition) is 2. The van der Waals surface area contributed by atoms with Crippen molar-refractivity contribution in [3.05, 3.63) is 63.6 Å². The first-order chi connectivity index (χ1) is 9.89. The van der Waals surface area contributed by atoms with Crippen LogP contribution in [0.3, 0.4) is 0 Å². The Kier molecular flexibility index (Phi) is 5.03. The third-order valence-electron chi connectivity index (χ3n) is 2.97. The van der Waals surface area contributed by atoms with Crippen molar-refractivity contribution < 1.29 is 8.42 Å². The fraction of sp³-hybridized carbons (Fsp3) is 0.200. The molecular formula is C15H17BrN2O2S. The largest absolute Gasteiger partial charge is 0.326 e. The molecule has 3 N–H and O–H groups in total. The van der Waals surface area contributed by atoms with Crippen LogP contribution in [0.5, 0.6) is 0 Å². The molecule has 0 aliphatic carbocycles. The molecule has 0 aromatic heterocycles. The second kappa shape index (κ2) is 6.60. The van der Waals surface area contributed by atoms with E-state index in [1.54, 1.807) is 12.1 Å². The standard InChI is InChI=1S/C15H17BrN2O2S/c1-11-5-6-14(16)15(7-11)18-21(19,20)10-13-4-2-3-12(8-13)9-17/h2-8,18H,9-10,17H2,1H3. The van der Waals surface area contributed by atoms with E-state index in [4.69, 9.17) is 5.73 Å². The van der Waals surface area contributed by atoms with Gasteiger partial charge in [0.25, 0.3) is 0 Å². The number of benzene rings is 2. The van der Waals surface area contributed by atoms with Gasteiger partial charge in [-0.15, -0.1) is 0 Å². The highest BCUT2D eigenvalue weighted by Crippen LogP contribution is 2.25. The third-order valence-corrected chi connectivity index (χ3v) is 4.91. The van der Waals surface area contributed by atoms with Crippen molar-refractivity contribution in [1.29, 1.82) is 0 Å². The Hall–Kier alpha value is -1.37. The van der Waals surface area contributed by atoms with Gasteiger partial charge in [-0.25, -0.2) is 8.42 Å². The molecule has 2 aromatic carbocycles. The highest BCUT2D eigenvalue weighted by atomic mass is 79.9. The molecule has 4 nitrogen and oxygen atoms in total. The molecule has 0 amide bonds. The lowest BCUT2D eigenvalue weighted by atomic mass is 10.1. The summed E-state index contributed by atoms with van der Waals surface area (Å²) in [6.45, 7) is 2.31. The second-order valence-corrected chi connectivity index (χ2v) is 7.45. The zero-order valence-corrected chi connectivity index (χ0v) is 14.0. The van der Waals surface area contributed by atoms with E-state index in [-0.39, 0.29) is 5.75 Å². The summed E-state index contributed by atoms with van der Waals surface area (Å²) < 4.78 is 27.9. The van der Waals surface area contributed by atoms with Crippen molar-refractivity contribution in [1.82, 2.24) is 0 Å². The molecule has 0 saturated carbocycles. The van der Waals surface area contributed by atoms with Crippen LogP contribution >= 0.6 is 15.9 Å². The van der Waals surface area contributed by atoms with Gasteiger partial charge in [0.15, 0.2) is 0 Å². The molecule has 0 heterocycles. The smallest absolute Gasteiger partial charge is 0.236 e. The Bertz CT molecular complexity index is 745. The molecule has 6 heteroatoms. The van der Waals surface area contributed by atoms with E-state index in [9.17, 15) is 8.42 Å². The minimum atomic E-state index is -3.47. The molecule has 112 valence electrons. The monoisotopic (exact) mass is 368 g/mol. The first-order valence-corrected chi connectivity index (χ1v) is 8.89. The highest BCUT2D eigenvalue weighted by molar-refractivity contribution is 9.10. The maximum absolute atomic E-state index is 12.3. The van der Waals surface area contributed by atoms with E-state index in [0.29, 0.717) is 22.3 Å². The molecule has 2 rings (SSSR count). The Labute approximate surface area is 133 Å². The van der Waals surface area contributed by atoms with E-state index in [1.807, 2.05) is 37.3 Å². The van der Waals surface area contributed by atoms with Gasteiger partial charge >= 0.3 is 0 Å². The van der Waals surface area contributed by atoms with Crippen molar-refractivity contribution in [2.45, 2.75) is 19.2 Å². The van der Waals surface area contributed by atoms with Gasteiger partial charge in [-0.1, -0.05) is 30.3 Å². The molecule has 0 bridgehead atoms. The van der Waals surface area contributed by atoms with Gasteiger partial charge in [0.1, 0.15) is 0 Å². The summed E-state index contributed by atoms with van der Waals surface area (Å²) in [6.07, 6.45) is 0. The Balaban J connectivity index is 2.20. The summed E-state index contributed by atoms with van der Waals surface area (Å²) in [6, 6.07) is 12.8. The van der Waals surface area contributed by atoms with Crippen LogP contribution in [-0.2, 0) is 22.3 Å². The zero-order chi connectivity index (χ0) is 15.5. The zero-order valence-electron chi connectivity index (χ0n) is 11.6. The fourth-order valence-corrected chi connectivity index (χ4v) is 3.66. The maximum atomic E-state index is 12.3. The van der Waals surface area contributed by atoms with Crippen LogP contribution in [0.25, 0.3) is 0 Å². The minimum Gasteiger partial charge on any atom is -0.326 e. The van der Waals surface area contributed by atoms with Crippen LogP contribution in [0, 0.1) is 6.92 Å². The van der Waals surface area contributed by atoms with Gasteiger partial charge in [0, 0.05) is 11.0 Å². The summed E-state index contributed by atoms with van der Waals surface area (Å²) in [5.74, 6) is -0.0821. The van der Waals surface area contributed by atoms with Crippen LogP contribution in [0.2, 0.25) is 0 Å². The number of hydrogen-bond acceptors (Lipinski definition) is 3. The Morgan fingerprint density at radius 2 is 1.86 bits per heavy atom. The number of rotatable bonds is 5. The number of sulfonamides is 1. The quantitative estimate of drug-likeness (QED) is 0.851. The molecule has 0 aliphatic heterocycles.